The van der Waals surface area contributed by atoms with Crippen LogP contribution in [0.2, 0.25) is 0 Å². The monoisotopic (exact) mass is 264 g/mol. The van der Waals surface area contributed by atoms with Gasteiger partial charge in [0.2, 0.25) is 0 Å². The van der Waals surface area contributed by atoms with Gasteiger partial charge in [-0.15, -0.1) is 0 Å². The van der Waals surface area contributed by atoms with Crippen LogP contribution in [0.25, 0.3) is 0 Å². The molecule has 0 fully saturated rings. The number of hydrogen-bond donors (Lipinski definition) is 0. The number of carbonyl (C=O) groups excluding carboxylic acids is 1. The van der Waals surface area contributed by atoms with E-state index in [2.05, 4.69) is 0 Å². The molecule has 0 spiro atoms. The highest BCUT2D eigenvalue weighted by atomic mass is 16.5. The first kappa shape index (κ1) is 12.7. The molecule has 0 saturated carbocycles. The molecule has 3 rings (SSSR count). The van der Waals surface area contributed by atoms with E-state index in [1.165, 1.54) is 0 Å². The first-order valence-corrected chi connectivity index (χ1v) is 6.86. The van der Waals surface area contributed by atoms with E-state index >= 15 is 0 Å². The van der Waals surface area contributed by atoms with Crippen LogP contribution in [0.4, 0.5) is 0 Å². The van der Waals surface area contributed by atoms with Gasteiger partial charge in [-0.2, -0.15) is 0 Å². The number of ketones is 1. The summed E-state index contributed by atoms with van der Waals surface area (Å²) in [6.45, 7) is 0. The molecular weight excluding hydrogens is 248 g/mol. The summed E-state index contributed by atoms with van der Waals surface area (Å²) in [5.41, 5.74) is 1.03. The summed E-state index contributed by atoms with van der Waals surface area (Å²) in [6, 6.07) is 17.5. The quantitative estimate of drug-likeness (QED) is 0.817. The molecule has 1 unspecified atom stereocenters. The molecule has 1 atom stereocenters. The Hall–Kier alpha value is -2.35. The van der Waals surface area contributed by atoms with E-state index in [-0.39, 0.29) is 11.7 Å². The molecule has 0 heterocycles. The van der Waals surface area contributed by atoms with Crippen LogP contribution in [-0.4, -0.2) is 5.78 Å². The Labute approximate surface area is 118 Å². The fourth-order valence-electron chi connectivity index (χ4n) is 2.47. The van der Waals surface area contributed by atoms with E-state index in [1.807, 2.05) is 60.7 Å². The smallest absolute Gasteiger partial charge is 0.162 e. The summed E-state index contributed by atoms with van der Waals surface area (Å²) >= 11 is 0. The van der Waals surface area contributed by atoms with Crippen LogP contribution < -0.4 is 4.74 Å². The third-order valence-corrected chi connectivity index (χ3v) is 3.49. The minimum Gasteiger partial charge on any atom is -0.457 e. The van der Waals surface area contributed by atoms with E-state index in [0.717, 1.165) is 29.9 Å². The van der Waals surface area contributed by atoms with Crippen LogP contribution in [0.1, 0.15) is 24.3 Å². The van der Waals surface area contributed by atoms with Gasteiger partial charge in [-0.3, -0.25) is 4.79 Å². The fraction of sp³-hybridized carbons (Fsp3) is 0.167. The average molecular weight is 264 g/mol. The number of benzene rings is 2. The van der Waals surface area contributed by atoms with Crippen molar-refractivity contribution in [2.24, 2.45) is 0 Å². The second kappa shape index (κ2) is 5.74. The Balaban J connectivity index is 1.83. The maximum absolute atomic E-state index is 11.9. The lowest BCUT2D eigenvalue weighted by molar-refractivity contribution is -0.116. The van der Waals surface area contributed by atoms with E-state index in [9.17, 15) is 4.79 Å². The van der Waals surface area contributed by atoms with Crippen LogP contribution in [0.15, 0.2) is 66.7 Å². The van der Waals surface area contributed by atoms with Gasteiger partial charge in [-0.25, -0.2) is 0 Å². The number of carbonyl (C=O) groups is 1. The van der Waals surface area contributed by atoms with E-state index < -0.39 is 0 Å². The zero-order valence-corrected chi connectivity index (χ0v) is 11.2. The van der Waals surface area contributed by atoms with E-state index in [4.69, 9.17) is 4.74 Å². The molecule has 2 aromatic carbocycles. The molecule has 0 aromatic heterocycles. The van der Waals surface area contributed by atoms with Crippen molar-refractivity contribution in [3.05, 3.63) is 72.3 Å². The third-order valence-electron chi connectivity index (χ3n) is 3.49. The Bertz CT molecular complexity index is 629. The zero-order valence-electron chi connectivity index (χ0n) is 11.2. The van der Waals surface area contributed by atoms with E-state index in [0.29, 0.717) is 0 Å². The van der Waals surface area contributed by atoms with Gasteiger partial charge < -0.3 is 4.74 Å². The van der Waals surface area contributed by atoms with Gasteiger partial charge in [-0.05, 0) is 48.7 Å². The number of para-hydroxylation sites is 1. The van der Waals surface area contributed by atoms with Gasteiger partial charge in [0.05, 0.1) is 0 Å². The number of hydrogen-bond acceptors (Lipinski definition) is 2. The topological polar surface area (TPSA) is 26.3 Å². The number of allylic oxidation sites excluding steroid dienone is 2. The number of ether oxygens (including phenoxy) is 1. The van der Waals surface area contributed by atoms with Crippen molar-refractivity contribution >= 4 is 5.78 Å². The summed E-state index contributed by atoms with van der Waals surface area (Å²) in [5.74, 6) is 1.74. The van der Waals surface area contributed by atoms with E-state index in [1.54, 1.807) is 6.08 Å². The molecule has 100 valence electrons. The van der Waals surface area contributed by atoms with Crippen molar-refractivity contribution in [3.8, 4) is 11.5 Å². The van der Waals surface area contributed by atoms with Crippen molar-refractivity contribution in [2.45, 2.75) is 18.8 Å². The Morgan fingerprint density at radius 1 is 0.950 bits per heavy atom. The molecule has 0 N–H and O–H groups in total. The highest BCUT2D eigenvalue weighted by Gasteiger charge is 2.20. The van der Waals surface area contributed by atoms with Crippen LogP contribution in [0.3, 0.4) is 0 Å². The third kappa shape index (κ3) is 2.80. The van der Waals surface area contributed by atoms with Crippen molar-refractivity contribution in [1.29, 1.82) is 0 Å². The van der Waals surface area contributed by atoms with Crippen molar-refractivity contribution < 1.29 is 9.53 Å². The Morgan fingerprint density at radius 3 is 2.55 bits per heavy atom. The van der Waals surface area contributed by atoms with Crippen LogP contribution in [-0.2, 0) is 4.79 Å². The van der Waals surface area contributed by atoms with Gasteiger partial charge >= 0.3 is 0 Å². The van der Waals surface area contributed by atoms with Gasteiger partial charge in [0, 0.05) is 5.92 Å². The van der Waals surface area contributed by atoms with Gasteiger partial charge in [-0.1, -0.05) is 36.4 Å². The molecular formula is C18H16O2. The van der Waals surface area contributed by atoms with Gasteiger partial charge in [0.1, 0.15) is 11.5 Å². The van der Waals surface area contributed by atoms with Gasteiger partial charge in [0.25, 0.3) is 0 Å². The highest BCUT2D eigenvalue weighted by Crippen LogP contribution is 2.30. The predicted octanol–water partition coefficient (Wildman–Crippen LogP) is 4.48. The lowest BCUT2D eigenvalue weighted by Crippen LogP contribution is -2.12. The molecule has 1 aliphatic carbocycles. The Kier molecular flexibility index (Phi) is 3.64. The van der Waals surface area contributed by atoms with Crippen molar-refractivity contribution in [3.63, 3.8) is 0 Å². The zero-order chi connectivity index (χ0) is 13.8. The molecule has 0 amide bonds. The molecule has 0 radical (unpaired) electrons. The van der Waals surface area contributed by atoms with Gasteiger partial charge in [0.15, 0.2) is 5.78 Å². The maximum Gasteiger partial charge on any atom is 0.162 e. The molecule has 2 nitrogen and oxygen atoms in total. The lowest BCUT2D eigenvalue weighted by Gasteiger charge is -2.17. The summed E-state index contributed by atoms with van der Waals surface area (Å²) < 4.78 is 5.82. The molecule has 2 heteroatoms. The SMILES string of the molecule is O=C1C=CCCC1c1cccc(Oc2ccccc2)c1. The van der Waals surface area contributed by atoms with Crippen LogP contribution in [0.5, 0.6) is 11.5 Å². The molecule has 2 aromatic rings. The summed E-state index contributed by atoms with van der Waals surface area (Å²) in [6.07, 6.45) is 5.48. The maximum atomic E-state index is 11.9. The molecule has 1 aliphatic rings. The molecule has 0 bridgehead atoms. The Morgan fingerprint density at radius 2 is 1.75 bits per heavy atom. The first-order chi connectivity index (χ1) is 9.83. The minimum atomic E-state index is -0.0284. The average Bonchev–Trinajstić information content (AvgIpc) is 2.49. The fourth-order valence-corrected chi connectivity index (χ4v) is 2.47. The largest absolute Gasteiger partial charge is 0.457 e. The summed E-state index contributed by atoms with van der Waals surface area (Å²) in [5, 5.41) is 0. The summed E-state index contributed by atoms with van der Waals surface area (Å²) in [7, 11) is 0. The van der Waals surface area contributed by atoms with Crippen LogP contribution >= 0.6 is 0 Å². The normalized spacial score (nSPS) is 18.0. The minimum absolute atomic E-state index is 0.0284. The van der Waals surface area contributed by atoms with Crippen LogP contribution in [0, 0.1) is 0 Å². The molecule has 0 aliphatic heterocycles. The molecule has 20 heavy (non-hydrogen) atoms. The second-order valence-electron chi connectivity index (χ2n) is 4.92. The standard InChI is InChI=1S/C18H16O2/c19-18-12-5-4-11-17(18)14-7-6-10-16(13-14)20-15-8-2-1-3-9-15/h1-3,5-10,12-13,17H,4,11H2. The highest BCUT2D eigenvalue weighted by molar-refractivity contribution is 5.96. The number of rotatable bonds is 3. The first-order valence-electron chi connectivity index (χ1n) is 6.86. The van der Waals surface area contributed by atoms with Crippen molar-refractivity contribution in [1.82, 2.24) is 0 Å². The predicted molar refractivity (Wildman–Crippen MR) is 79.1 cm³/mol. The molecule has 0 saturated heterocycles. The van der Waals surface area contributed by atoms with Crippen molar-refractivity contribution in [2.75, 3.05) is 0 Å². The summed E-state index contributed by atoms with van der Waals surface area (Å²) in [4.78, 5) is 11.9. The second-order valence-corrected chi connectivity index (χ2v) is 4.92. The lowest BCUT2D eigenvalue weighted by atomic mass is 9.87.